The van der Waals surface area contributed by atoms with Gasteiger partial charge in [-0.2, -0.15) is 0 Å². The van der Waals surface area contributed by atoms with Crippen LogP contribution >= 0.6 is 0 Å². The van der Waals surface area contributed by atoms with E-state index >= 15 is 0 Å². The third-order valence-electron chi connectivity index (χ3n) is 1.61. The van der Waals surface area contributed by atoms with E-state index in [2.05, 4.69) is 4.74 Å². The van der Waals surface area contributed by atoms with Crippen LogP contribution in [0.2, 0.25) is 0 Å². The molecule has 1 fully saturated rings. The summed E-state index contributed by atoms with van der Waals surface area (Å²) in [5.74, 6) is 0. The molecule has 0 amide bonds. The lowest BCUT2D eigenvalue weighted by Crippen LogP contribution is -2.41. The Hall–Kier alpha value is -0.200. The fourth-order valence-corrected chi connectivity index (χ4v) is 0.925. The quantitative estimate of drug-likeness (QED) is 0.327. The summed E-state index contributed by atoms with van der Waals surface area (Å²) in [7, 11) is 0. The lowest BCUT2D eigenvalue weighted by molar-refractivity contribution is -0.132. The molecule has 0 aliphatic carbocycles. The van der Waals surface area contributed by atoms with Crippen molar-refractivity contribution in [1.29, 1.82) is 0 Å². The molecule has 0 aromatic heterocycles. The van der Waals surface area contributed by atoms with Gasteiger partial charge < -0.3 is 25.8 Å². The van der Waals surface area contributed by atoms with Gasteiger partial charge in [-0.05, 0) is 0 Å². The number of hydrogen-bond donors (Lipinski definition) is 4. The summed E-state index contributed by atoms with van der Waals surface area (Å²) in [6.07, 6.45) is -2.99. The van der Waals surface area contributed by atoms with E-state index < -0.39 is 24.5 Å². The van der Waals surface area contributed by atoms with Crippen LogP contribution in [-0.4, -0.2) is 46.5 Å². The van der Waals surface area contributed by atoms with E-state index in [-0.39, 0.29) is 6.61 Å². The summed E-state index contributed by atoms with van der Waals surface area (Å²) in [5.41, 5.74) is 5.33. The molecule has 1 heterocycles. The van der Waals surface area contributed by atoms with Gasteiger partial charge in [0.1, 0.15) is 12.2 Å². The molecule has 1 aliphatic rings. The zero-order valence-corrected chi connectivity index (χ0v) is 5.34. The van der Waals surface area contributed by atoms with Crippen LogP contribution in [0.4, 0.5) is 0 Å². The molecule has 0 aromatic rings. The number of aliphatic hydroxyl groups excluding tert-OH is 3. The van der Waals surface area contributed by atoms with Crippen LogP contribution in [0.15, 0.2) is 0 Å². The van der Waals surface area contributed by atoms with E-state index in [1.54, 1.807) is 0 Å². The lowest BCUT2D eigenvalue weighted by atomic mass is 10.1. The largest absolute Gasteiger partial charge is 0.394 e. The monoisotopic (exact) mass is 149 g/mol. The molecule has 0 aromatic carbocycles. The van der Waals surface area contributed by atoms with E-state index in [1.807, 2.05) is 0 Å². The highest BCUT2D eigenvalue weighted by Gasteiger charge is 2.39. The summed E-state index contributed by atoms with van der Waals surface area (Å²) in [6.45, 7) is -0.282. The third kappa shape index (κ3) is 1.14. The Bertz CT molecular complexity index is 120. The van der Waals surface area contributed by atoms with Crippen molar-refractivity contribution in [3.8, 4) is 0 Å². The first-order valence-electron chi connectivity index (χ1n) is 3.05. The Morgan fingerprint density at radius 2 is 2.00 bits per heavy atom. The van der Waals surface area contributed by atoms with Gasteiger partial charge in [0.05, 0.1) is 12.6 Å². The third-order valence-corrected chi connectivity index (χ3v) is 1.61. The zero-order valence-electron chi connectivity index (χ0n) is 5.34. The van der Waals surface area contributed by atoms with Crippen molar-refractivity contribution >= 4 is 0 Å². The second-order valence-electron chi connectivity index (χ2n) is 2.32. The van der Waals surface area contributed by atoms with E-state index in [0.717, 1.165) is 0 Å². The second-order valence-corrected chi connectivity index (χ2v) is 2.32. The van der Waals surface area contributed by atoms with Gasteiger partial charge in [-0.15, -0.1) is 0 Å². The Morgan fingerprint density at radius 3 is 2.20 bits per heavy atom. The molecule has 5 N–H and O–H groups in total. The summed E-state index contributed by atoms with van der Waals surface area (Å²) >= 11 is 0. The van der Waals surface area contributed by atoms with Crippen LogP contribution in [0.1, 0.15) is 0 Å². The average molecular weight is 149 g/mol. The molecule has 1 aliphatic heterocycles. The van der Waals surface area contributed by atoms with Crippen molar-refractivity contribution in [3.05, 3.63) is 0 Å². The van der Waals surface area contributed by atoms with Gasteiger partial charge in [0.25, 0.3) is 0 Å². The summed E-state index contributed by atoms with van der Waals surface area (Å²) in [6, 6.07) is -0.694. The van der Waals surface area contributed by atoms with Crippen molar-refractivity contribution < 1.29 is 20.1 Å². The van der Waals surface area contributed by atoms with E-state index in [9.17, 15) is 0 Å². The van der Waals surface area contributed by atoms with Crippen molar-refractivity contribution in [3.63, 3.8) is 0 Å². The average Bonchev–Trinajstić information content (AvgIpc) is 2.17. The molecule has 5 nitrogen and oxygen atoms in total. The SMILES string of the molecule is N[C@@H]1[C@@H](CO)OC(O)[C@@H]1O. The first-order valence-corrected chi connectivity index (χ1v) is 3.05. The van der Waals surface area contributed by atoms with Gasteiger partial charge in [0, 0.05) is 0 Å². The molecule has 4 atom stereocenters. The number of nitrogens with two attached hydrogens (primary N) is 1. The van der Waals surface area contributed by atoms with E-state index in [1.165, 1.54) is 0 Å². The molecule has 5 heteroatoms. The minimum Gasteiger partial charge on any atom is -0.394 e. The summed E-state index contributed by atoms with van der Waals surface area (Å²) in [4.78, 5) is 0. The predicted molar refractivity (Wildman–Crippen MR) is 31.9 cm³/mol. The zero-order chi connectivity index (χ0) is 7.72. The normalized spacial score (nSPS) is 48.0. The van der Waals surface area contributed by atoms with Crippen molar-refractivity contribution in [2.75, 3.05) is 6.61 Å². The molecular weight excluding hydrogens is 138 g/mol. The predicted octanol–water partition coefficient (Wildman–Crippen LogP) is -2.62. The summed E-state index contributed by atoms with van der Waals surface area (Å²) < 4.78 is 4.67. The molecule has 0 saturated carbocycles. The number of aliphatic hydroxyl groups is 3. The Morgan fingerprint density at radius 1 is 1.40 bits per heavy atom. The van der Waals surface area contributed by atoms with Crippen LogP contribution < -0.4 is 5.73 Å². The Kier molecular flexibility index (Phi) is 2.22. The second kappa shape index (κ2) is 2.81. The van der Waals surface area contributed by atoms with Crippen molar-refractivity contribution in [2.45, 2.75) is 24.5 Å². The fraction of sp³-hybridized carbons (Fsp3) is 1.00. The minimum absolute atomic E-state index is 0.282. The van der Waals surface area contributed by atoms with Crippen LogP contribution in [0.25, 0.3) is 0 Å². The standard InChI is InChI=1S/C5H11NO4/c6-3-2(1-7)10-5(9)4(3)8/h2-5,7-9H,1,6H2/t2-,3-,4-,5?/m1/s1. The smallest absolute Gasteiger partial charge is 0.182 e. The topological polar surface area (TPSA) is 95.9 Å². The summed E-state index contributed by atoms with van der Waals surface area (Å²) in [5, 5.41) is 26.3. The molecule has 0 spiro atoms. The van der Waals surface area contributed by atoms with Crippen LogP contribution in [-0.2, 0) is 4.74 Å². The number of hydrogen-bond acceptors (Lipinski definition) is 5. The van der Waals surface area contributed by atoms with Gasteiger partial charge in [-0.3, -0.25) is 0 Å². The van der Waals surface area contributed by atoms with Crippen LogP contribution in [0.3, 0.4) is 0 Å². The first-order chi connectivity index (χ1) is 4.66. The highest BCUT2D eigenvalue weighted by atomic mass is 16.6. The van der Waals surface area contributed by atoms with Crippen molar-refractivity contribution in [1.82, 2.24) is 0 Å². The molecule has 0 radical (unpaired) electrons. The maximum absolute atomic E-state index is 8.96. The van der Waals surface area contributed by atoms with E-state index in [4.69, 9.17) is 21.1 Å². The Balaban J connectivity index is 2.53. The van der Waals surface area contributed by atoms with Crippen molar-refractivity contribution in [2.24, 2.45) is 5.73 Å². The van der Waals surface area contributed by atoms with Gasteiger partial charge in [-0.1, -0.05) is 0 Å². The maximum Gasteiger partial charge on any atom is 0.182 e. The molecule has 1 unspecified atom stereocenters. The molecular formula is C5H11NO4. The fourth-order valence-electron chi connectivity index (χ4n) is 0.925. The van der Waals surface area contributed by atoms with E-state index in [0.29, 0.717) is 0 Å². The van der Waals surface area contributed by atoms with Gasteiger partial charge >= 0.3 is 0 Å². The van der Waals surface area contributed by atoms with Gasteiger partial charge in [0.15, 0.2) is 6.29 Å². The molecule has 1 rings (SSSR count). The van der Waals surface area contributed by atoms with Crippen LogP contribution in [0.5, 0.6) is 0 Å². The lowest BCUT2D eigenvalue weighted by Gasteiger charge is -2.10. The van der Waals surface area contributed by atoms with Gasteiger partial charge in [0.2, 0.25) is 0 Å². The maximum atomic E-state index is 8.96. The molecule has 60 valence electrons. The molecule has 10 heavy (non-hydrogen) atoms. The number of rotatable bonds is 1. The highest BCUT2D eigenvalue weighted by Crippen LogP contribution is 2.16. The molecule has 1 saturated heterocycles. The minimum atomic E-state index is -1.26. The Labute approximate surface area is 58.0 Å². The highest BCUT2D eigenvalue weighted by molar-refractivity contribution is 4.88. The van der Waals surface area contributed by atoms with Gasteiger partial charge in [-0.25, -0.2) is 0 Å². The molecule has 0 bridgehead atoms. The van der Waals surface area contributed by atoms with Crippen LogP contribution in [0, 0.1) is 0 Å². The first kappa shape index (κ1) is 7.90. The number of ether oxygens (including phenoxy) is 1.